The maximum atomic E-state index is 15.0. The molecule has 1 spiro atoms. The maximum Gasteiger partial charge on any atom is 0.272 e. The summed E-state index contributed by atoms with van der Waals surface area (Å²) >= 11 is 0. The van der Waals surface area contributed by atoms with Gasteiger partial charge in [0, 0.05) is 18.9 Å². The molecule has 2 aliphatic heterocycles. The number of rotatable bonds is 2. The van der Waals surface area contributed by atoms with Crippen molar-refractivity contribution in [1.82, 2.24) is 0 Å². The van der Waals surface area contributed by atoms with Crippen LogP contribution in [-0.4, -0.2) is 29.9 Å². The summed E-state index contributed by atoms with van der Waals surface area (Å²) in [6.07, 6.45) is 1.04. The smallest absolute Gasteiger partial charge is 0.272 e. The highest BCUT2D eigenvalue weighted by Gasteiger charge is 2.58. The molecular weight excluding hydrogens is 394 g/mol. The molecule has 1 fully saturated rings. The van der Waals surface area contributed by atoms with Gasteiger partial charge >= 0.3 is 0 Å². The summed E-state index contributed by atoms with van der Waals surface area (Å²) in [4.78, 5) is 40.4. The van der Waals surface area contributed by atoms with Crippen molar-refractivity contribution in [1.29, 1.82) is 0 Å². The molecule has 0 saturated heterocycles. The van der Waals surface area contributed by atoms with Crippen LogP contribution >= 0.6 is 0 Å². The number of carbonyl (C=O) groups is 3. The Morgan fingerprint density at radius 1 is 1.03 bits per heavy atom. The van der Waals surface area contributed by atoms with E-state index in [1.54, 1.807) is 6.92 Å². The van der Waals surface area contributed by atoms with Gasteiger partial charge in [0.05, 0.1) is 29.0 Å². The van der Waals surface area contributed by atoms with Gasteiger partial charge < -0.3 is 4.74 Å². The van der Waals surface area contributed by atoms with E-state index < -0.39 is 29.0 Å². The molecule has 2 aromatic rings. The van der Waals surface area contributed by atoms with Gasteiger partial charge in [-0.05, 0) is 31.2 Å². The van der Waals surface area contributed by atoms with Crippen LogP contribution in [0.1, 0.15) is 40.5 Å². The Kier molecular flexibility index (Phi) is 3.74. The van der Waals surface area contributed by atoms with Crippen molar-refractivity contribution < 1.29 is 27.9 Å². The highest BCUT2D eigenvalue weighted by atomic mass is 19.1. The van der Waals surface area contributed by atoms with E-state index >= 15 is 0 Å². The van der Waals surface area contributed by atoms with Gasteiger partial charge in [-0.25, -0.2) is 13.7 Å². The molecule has 5 rings (SSSR count). The Bertz CT molecular complexity index is 1220. The van der Waals surface area contributed by atoms with Crippen molar-refractivity contribution in [2.75, 3.05) is 16.3 Å². The fourth-order valence-electron chi connectivity index (χ4n) is 3.78. The minimum absolute atomic E-state index is 0.0171. The van der Waals surface area contributed by atoms with E-state index in [-0.39, 0.29) is 40.7 Å². The number of carbonyl (C=O) groups excluding carboxylic acids is 3. The molecule has 30 heavy (non-hydrogen) atoms. The standard InChI is InChI=1S/C22H14F2N2O4/c1-2-3-8-25-17-11-16(15(24)10-18(17)30-22(6-7-22)21(25)29)26-19(27)13-5-4-12(23)9-14(13)20(26)28/h4-5,9-11H,6-8H2,1H3. The second-order valence-corrected chi connectivity index (χ2v) is 7.32. The van der Waals surface area contributed by atoms with Crippen LogP contribution in [0.5, 0.6) is 5.75 Å². The van der Waals surface area contributed by atoms with Gasteiger partial charge in [0.15, 0.2) is 11.4 Å². The van der Waals surface area contributed by atoms with Gasteiger partial charge in [0.2, 0.25) is 0 Å². The summed E-state index contributed by atoms with van der Waals surface area (Å²) in [7, 11) is 0. The molecule has 0 unspecified atom stereocenters. The van der Waals surface area contributed by atoms with Gasteiger partial charge in [-0.15, -0.1) is 5.92 Å². The van der Waals surface area contributed by atoms with E-state index in [9.17, 15) is 23.2 Å². The lowest BCUT2D eigenvalue weighted by atomic mass is 10.1. The molecule has 1 saturated carbocycles. The molecule has 3 aliphatic rings. The number of hydrogen-bond acceptors (Lipinski definition) is 4. The van der Waals surface area contributed by atoms with Crippen molar-refractivity contribution >= 4 is 29.1 Å². The van der Waals surface area contributed by atoms with Gasteiger partial charge in [-0.2, -0.15) is 0 Å². The van der Waals surface area contributed by atoms with Crippen molar-refractivity contribution in [3.05, 3.63) is 53.1 Å². The summed E-state index contributed by atoms with van der Waals surface area (Å²) in [6.45, 7) is 1.69. The topological polar surface area (TPSA) is 66.9 Å². The van der Waals surface area contributed by atoms with E-state index in [0.717, 1.165) is 18.2 Å². The van der Waals surface area contributed by atoms with Crippen molar-refractivity contribution in [3.63, 3.8) is 0 Å². The molecule has 3 amide bonds. The van der Waals surface area contributed by atoms with Crippen molar-refractivity contribution in [3.8, 4) is 17.6 Å². The fraction of sp³-hybridized carbons (Fsp3) is 0.227. The van der Waals surface area contributed by atoms with Gasteiger partial charge in [0.1, 0.15) is 11.6 Å². The van der Waals surface area contributed by atoms with Crippen LogP contribution in [0, 0.1) is 23.5 Å². The second kappa shape index (κ2) is 6.13. The van der Waals surface area contributed by atoms with Crippen LogP contribution in [0.4, 0.5) is 20.2 Å². The molecule has 2 heterocycles. The van der Waals surface area contributed by atoms with Gasteiger partial charge in [-0.1, -0.05) is 5.92 Å². The first kappa shape index (κ1) is 18.3. The molecule has 0 atom stereocenters. The van der Waals surface area contributed by atoms with Gasteiger partial charge in [-0.3, -0.25) is 19.3 Å². The van der Waals surface area contributed by atoms with E-state index in [2.05, 4.69) is 11.8 Å². The van der Waals surface area contributed by atoms with Crippen LogP contribution in [-0.2, 0) is 4.79 Å². The first-order valence-corrected chi connectivity index (χ1v) is 9.29. The zero-order chi connectivity index (χ0) is 21.2. The maximum absolute atomic E-state index is 15.0. The number of amides is 3. The first-order valence-electron chi connectivity index (χ1n) is 9.29. The first-order chi connectivity index (χ1) is 14.4. The molecule has 1 aliphatic carbocycles. The molecule has 2 aromatic carbocycles. The van der Waals surface area contributed by atoms with Crippen LogP contribution in [0.15, 0.2) is 30.3 Å². The minimum Gasteiger partial charge on any atom is -0.475 e. The zero-order valence-corrected chi connectivity index (χ0v) is 15.8. The van der Waals surface area contributed by atoms with Crippen LogP contribution in [0.2, 0.25) is 0 Å². The van der Waals surface area contributed by atoms with E-state index in [1.807, 2.05) is 0 Å². The third-order valence-electron chi connectivity index (χ3n) is 5.47. The monoisotopic (exact) mass is 408 g/mol. The SMILES string of the molecule is CC#CCN1C(=O)C2(CC2)Oc2cc(F)c(N3C(=O)c4ccc(F)cc4C3=O)cc21. The lowest BCUT2D eigenvalue weighted by molar-refractivity contribution is -0.128. The molecule has 150 valence electrons. The number of ether oxygens (including phenoxy) is 1. The van der Waals surface area contributed by atoms with Crippen molar-refractivity contribution in [2.45, 2.75) is 25.4 Å². The molecule has 0 aromatic heterocycles. The molecule has 0 radical (unpaired) electrons. The Morgan fingerprint density at radius 2 is 1.77 bits per heavy atom. The third-order valence-corrected chi connectivity index (χ3v) is 5.47. The average Bonchev–Trinajstić information content (AvgIpc) is 3.45. The normalized spacial score (nSPS) is 18.0. The Labute approximate surface area is 170 Å². The number of halogens is 2. The summed E-state index contributed by atoms with van der Waals surface area (Å²) in [5, 5.41) is 0. The lowest BCUT2D eigenvalue weighted by Gasteiger charge is -2.34. The zero-order valence-electron chi connectivity index (χ0n) is 15.8. The predicted octanol–water partition coefficient (Wildman–Crippen LogP) is 3.05. The second-order valence-electron chi connectivity index (χ2n) is 7.32. The predicted molar refractivity (Wildman–Crippen MR) is 102 cm³/mol. The van der Waals surface area contributed by atoms with Crippen LogP contribution in [0.25, 0.3) is 0 Å². The number of imide groups is 1. The molecular formula is C22H14F2N2O4. The third kappa shape index (κ3) is 2.45. The van der Waals surface area contributed by atoms with E-state index in [0.29, 0.717) is 17.7 Å². The summed E-state index contributed by atoms with van der Waals surface area (Å²) in [5.41, 5.74) is -1.27. The summed E-state index contributed by atoms with van der Waals surface area (Å²) in [5.74, 6) is 2.23. The Balaban J connectivity index is 1.63. The number of nitrogens with zero attached hydrogens (tertiary/aromatic N) is 2. The summed E-state index contributed by atoms with van der Waals surface area (Å²) < 4.78 is 34.3. The lowest BCUT2D eigenvalue weighted by Crippen LogP contribution is -2.48. The highest BCUT2D eigenvalue weighted by Crippen LogP contribution is 2.50. The number of benzene rings is 2. The van der Waals surface area contributed by atoms with Crippen molar-refractivity contribution in [2.24, 2.45) is 0 Å². The Hall–Kier alpha value is -3.73. The van der Waals surface area contributed by atoms with E-state index in [1.165, 1.54) is 17.0 Å². The molecule has 8 heteroatoms. The summed E-state index contributed by atoms with van der Waals surface area (Å²) in [6, 6.07) is 5.48. The fourth-order valence-corrected chi connectivity index (χ4v) is 3.78. The van der Waals surface area contributed by atoms with Crippen LogP contribution < -0.4 is 14.5 Å². The quantitative estimate of drug-likeness (QED) is 0.566. The largest absolute Gasteiger partial charge is 0.475 e. The number of anilines is 2. The number of fused-ring (bicyclic) bond motifs is 2. The highest BCUT2D eigenvalue weighted by molar-refractivity contribution is 6.34. The molecule has 0 N–H and O–H groups in total. The molecule has 0 bridgehead atoms. The Morgan fingerprint density at radius 3 is 2.47 bits per heavy atom. The molecule has 6 nitrogen and oxygen atoms in total. The van der Waals surface area contributed by atoms with E-state index in [4.69, 9.17) is 4.74 Å². The number of hydrogen-bond donors (Lipinski definition) is 0. The average molecular weight is 408 g/mol. The minimum atomic E-state index is -0.997. The van der Waals surface area contributed by atoms with Gasteiger partial charge in [0.25, 0.3) is 17.7 Å². The van der Waals surface area contributed by atoms with Crippen LogP contribution in [0.3, 0.4) is 0 Å².